The van der Waals surface area contributed by atoms with E-state index in [1.54, 1.807) is 0 Å². The van der Waals surface area contributed by atoms with Gasteiger partial charge < -0.3 is 24.4 Å². The van der Waals surface area contributed by atoms with Crippen LogP contribution in [-0.2, 0) is 19.0 Å². The molecule has 0 aromatic carbocycles. The summed E-state index contributed by atoms with van der Waals surface area (Å²) in [6.07, 6.45) is 0.217. The molecular weight excluding hydrogens is 228 g/mol. The Morgan fingerprint density at radius 1 is 1.41 bits per heavy atom. The topological polar surface area (TPSA) is 88.5 Å². The highest BCUT2D eigenvalue weighted by Gasteiger charge is 2.25. The number of carbonyl (C=O) groups is 1. The first-order chi connectivity index (χ1) is 8.11. The first kappa shape index (κ1) is 14.1. The lowest BCUT2D eigenvalue weighted by atomic mass is 10.2. The molecule has 0 aliphatic carbocycles. The smallest absolute Gasteiger partial charge is 0.330 e. The Balaban J connectivity index is 1.96. The van der Waals surface area contributed by atoms with E-state index in [0.717, 1.165) is 6.08 Å². The lowest BCUT2D eigenvalue weighted by Crippen LogP contribution is -2.26. The molecule has 2 N–H and O–H groups in total. The Bertz CT molecular complexity index is 250. The molecule has 1 heterocycles. The van der Waals surface area contributed by atoms with E-state index in [0.29, 0.717) is 13.0 Å². The largest absolute Gasteiger partial charge is 0.460 e. The van der Waals surface area contributed by atoms with Crippen molar-refractivity contribution in [2.45, 2.75) is 24.7 Å². The average Bonchev–Trinajstić information content (AvgIpc) is 3.09. The van der Waals surface area contributed by atoms with Gasteiger partial charge in [-0.3, -0.25) is 0 Å². The summed E-state index contributed by atoms with van der Waals surface area (Å²) in [5, 5.41) is 18.8. The number of epoxide rings is 1. The summed E-state index contributed by atoms with van der Waals surface area (Å²) in [4.78, 5) is 10.7. The number of carbonyl (C=O) groups excluding carboxylic acids is 1. The van der Waals surface area contributed by atoms with Crippen LogP contribution in [0.15, 0.2) is 12.7 Å². The maximum Gasteiger partial charge on any atom is 0.330 e. The van der Waals surface area contributed by atoms with Gasteiger partial charge in [-0.25, -0.2) is 4.79 Å². The summed E-state index contributed by atoms with van der Waals surface area (Å²) in [5.41, 5.74) is 0. The van der Waals surface area contributed by atoms with Gasteiger partial charge in [0, 0.05) is 12.5 Å². The maximum absolute atomic E-state index is 10.7. The summed E-state index contributed by atoms with van der Waals surface area (Å²) in [7, 11) is 0. The lowest BCUT2D eigenvalue weighted by Gasteiger charge is -2.13. The summed E-state index contributed by atoms with van der Waals surface area (Å²) < 4.78 is 14.6. The second-order valence-corrected chi connectivity index (χ2v) is 3.87. The molecule has 98 valence electrons. The fourth-order valence-electron chi connectivity index (χ4n) is 1.20. The Kier molecular flexibility index (Phi) is 6.13. The highest BCUT2D eigenvalue weighted by atomic mass is 16.6. The van der Waals surface area contributed by atoms with Gasteiger partial charge in [-0.05, 0) is 0 Å². The minimum absolute atomic E-state index is 0.00695. The molecule has 3 unspecified atom stereocenters. The average molecular weight is 246 g/mol. The second kappa shape index (κ2) is 7.39. The van der Waals surface area contributed by atoms with Crippen molar-refractivity contribution in [1.29, 1.82) is 0 Å². The van der Waals surface area contributed by atoms with Gasteiger partial charge in [0.15, 0.2) is 0 Å². The van der Waals surface area contributed by atoms with Crippen molar-refractivity contribution in [2.75, 3.05) is 26.4 Å². The second-order valence-electron chi connectivity index (χ2n) is 3.87. The zero-order valence-electron chi connectivity index (χ0n) is 9.58. The summed E-state index contributed by atoms with van der Waals surface area (Å²) in [6, 6.07) is 0. The van der Waals surface area contributed by atoms with Gasteiger partial charge in [-0.15, -0.1) is 0 Å². The summed E-state index contributed by atoms with van der Waals surface area (Å²) in [6.45, 7) is 3.91. The van der Waals surface area contributed by atoms with E-state index in [1.165, 1.54) is 0 Å². The molecule has 0 aromatic heterocycles. The number of hydrogen-bond acceptors (Lipinski definition) is 6. The number of esters is 1. The van der Waals surface area contributed by atoms with Crippen LogP contribution in [0.3, 0.4) is 0 Å². The predicted octanol–water partition coefficient (Wildman–Crippen LogP) is -0.757. The molecule has 6 nitrogen and oxygen atoms in total. The van der Waals surface area contributed by atoms with Crippen molar-refractivity contribution in [1.82, 2.24) is 0 Å². The molecular formula is C11H18O6. The molecule has 3 atom stereocenters. The summed E-state index contributed by atoms with van der Waals surface area (Å²) in [5.74, 6) is -0.588. The third-order valence-electron chi connectivity index (χ3n) is 2.14. The SMILES string of the molecule is C=CC(=O)OCC(O)COCC(O)CC1CO1. The van der Waals surface area contributed by atoms with E-state index in [2.05, 4.69) is 11.3 Å². The van der Waals surface area contributed by atoms with Crippen molar-refractivity contribution in [3.8, 4) is 0 Å². The van der Waals surface area contributed by atoms with Crippen LogP contribution in [0.1, 0.15) is 6.42 Å². The number of aliphatic hydroxyl groups is 2. The fraction of sp³-hybridized carbons (Fsp3) is 0.727. The van der Waals surface area contributed by atoms with Crippen molar-refractivity contribution in [3.05, 3.63) is 12.7 Å². The van der Waals surface area contributed by atoms with Gasteiger partial charge in [0.05, 0.1) is 32.0 Å². The minimum atomic E-state index is -0.900. The van der Waals surface area contributed by atoms with Gasteiger partial charge in [0.1, 0.15) is 12.7 Å². The van der Waals surface area contributed by atoms with E-state index in [9.17, 15) is 15.0 Å². The predicted molar refractivity (Wildman–Crippen MR) is 58.3 cm³/mol. The molecule has 17 heavy (non-hydrogen) atoms. The van der Waals surface area contributed by atoms with Gasteiger partial charge in [0.2, 0.25) is 0 Å². The standard InChI is InChI=1S/C11H18O6/c1-2-11(14)17-6-9(13)5-15-4-8(12)3-10-7-16-10/h2,8-10,12-13H,1,3-7H2. The molecule has 1 aliphatic heterocycles. The molecule has 0 radical (unpaired) electrons. The molecule has 1 saturated heterocycles. The molecule has 0 aromatic rings. The van der Waals surface area contributed by atoms with Crippen LogP contribution in [0.25, 0.3) is 0 Å². The van der Waals surface area contributed by atoms with Crippen LogP contribution in [-0.4, -0.2) is 60.9 Å². The van der Waals surface area contributed by atoms with E-state index in [-0.39, 0.29) is 25.9 Å². The van der Waals surface area contributed by atoms with Crippen LogP contribution in [0.2, 0.25) is 0 Å². The molecule has 1 rings (SSSR count). The number of ether oxygens (including phenoxy) is 3. The zero-order chi connectivity index (χ0) is 12.7. The molecule has 0 amide bonds. The molecule has 6 heteroatoms. The Hall–Kier alpha value is -0.950. The molecule has 0 bridgehead atoms. The van der Waals surface area contributed by atoms with Gasteiger partial charge in [0.25, 0.3) is 0 Å². The summed E-state index contributed by atoms with van der Waals surface area (Å²) >= 11 is 0. The van der Waals surface area contributed by atoms with Gasteiger partial charge >= 0.3 is 5.97 Å². The highest BCUT2D eigenvalue weighted by Crippen LogP contribution is 2.15. The third-order valence-corrected chi connectivity index (χ3v) is 2.14. The lowest BCUT2D eigenvalue weighted by molar-refractivity contribution is -0.142. The number of hydrogen-bond donors (Lipinski definition) is 2. The number of rotatable bonds is 9. The van der Waals surface area contributed by atoms with E-state index in [4.69, 9.17) is 9.47 Å². The Morgan fingerprint density at radius 2 is 2.06 bits per heavy atom. The first-order valence-electron chi connectivity index (χ1n) is 5.46. The number of aliphatic hydroxyl groups excluding tert-OH is 2. The van der Waals surface area contributed by atoms with Crippen LogP contribution in [0.5, 0.6) is 0 Å². The van der Waals surface area contributed by atoms with Crippen molar-refractivity contribution in [3.63, 3.8) is 0 Å². The van der Waals surface area contributed by atoms with E-state index >= 15 is 0 Å². The normalized spacial score (nSPS) is 21.6. The van der Waals surface area contributed by atoms with Crippen LogP contribution < -0.4 is 0 Å². The zero-order valence-corrected chi connectivity index (χ0v) is 9.58. The van der Waals surface area contributed by atoms with Crippen LogP contribution in [0.4, 0.5) is 0 Å². The van der Waals surface area contributed by atoms with Crippen LogP contribution in [0, 0.1) is 0 Å². The molecule has 0 spiro atoms. The molecule has 0 saturated carbocycles. The third kappa shape index (κ3) is 7.06. The van der Waals surface area contributed by atoms with E-state index < -0.39 is 18.2 Å². The van der Waals surface area contributed by atoms with Gasteiger partial charge in [-0.2, -0.15) is 0 Å². The van der Waals surface area contributed by atoms with Crippen LogP contribution >= 0.6 is 0 Å². The quantitative estimate of drug-likeness (QED) is 0.316. The van der Waals surface area contributed by atoms with Crippen molar-refractivity contribution >= 4 is 5.97 Å². The maximum atomic E-state index is 10.7. The Labute approximate surface area is 99.8 Å². The van der Waals surface area contributed by atoms with Gasteiger partial charge in [-0.1, -0.05) is 6.58 Å². The highest BCUT2D eigenvalue weighted by molar-refractivity contribution is 5.81. The molecule has 1 fully saturated rings. The fourth-order valence-corrected chi connectivity index (χ4v) is 1.20. The van der Waals surface area contributed by atoms with Crippen molar-refractivity contribution < 1.29 is 29.2 Å². The first-order valence-corrected chi connectivity index (χ1v) is 5.46. The van der Waals surface area contributed by atoms with Crippen molar-refractivity contribution in [2.24, 2.45) is 0 Å². The monoisotopic (exact) mass is 246 g/mol. The molecule has 1 aliphatic rings. The minimum Gasteiger partial charge on any atom is -0.460 e. The Morgan fingerprint density at radius 3 is 2.65 bits per heavy atom. The van der Waals surface area contributed by atoms with E-state index in [1.807, 2.05) is 0 Å².